The minimum Gasteiger partial charge on any atom is -0.497 e. The van der Waals surface area contributed by atoms with Gasteiger partial charge in [0, 0.05) is 12.1 Å². The maximum Gasteiger partial charge on any atom is 0.255 e. The number of carbonyl (C=O) groups is 2. The molecular weight excluding hydrogens is 404 g/mol. The number of carbonyl (C=O) groups excluding carboxylic acids is 2. The van der Waals surface area contributed by atoms with E-state index in [4.69, 9.17) is 4.74 Å². The number of methoxy groups -OCH3 is 1. The second-order valence-electron chi connectivity index (χ2n) is 8.17. The van der Waals surface area contributed by atoms with Gasteiger partial charge in [-0.1, -0.05) is 12.1 Å². The highest BCUT2D eigenvalue weighted by Gasteiger charge is 2.59. The van der Waals surface area contributed by atoms with Crippen molar-refractivity contribution in [3.8, 4) is 5.75 Å². The number of benzene rings is 2. The third-order valence-corrected chi connectivity index (χ3v) is 6.79. The quantitative estimate of drug-likeness (QED) is 0.536. The minimum atomic E-state index is -1.85. The van der Waals surface area contributed by atoms with Crippen molar-refractivity contribution in [3.05, 3.63) is 54.1 Å². The average molecular weight is 433 g/mol. The Morgan fingerprint density at radius 3 is 2.13 bits per heavy atom. The smallest absolute Gasteiger partial charge is 0.255 e. The summed E-state index contributed by atoms with van der Waals surface area (Å²) in [5, 5.41) is 25.0. The van der Waals surface area contributed by atoms with Gasteiger partial charge in [0.05, 0.1) is 13.2 Å². The molecule has 1 aliphatic carbocycles. The summed E-state index contributed by atoms with van der Waals surface area (Å²) in [4.78, 5) is 26.7. The van der Waals surface area contributed by atoms with Crippen molar-refractivity contribution in [1.29, 1.82) is 0 Å². The molecule has 1 saturated carbocycles. The van der Waals surface area contributed by atoms with Gasteiger partial charge in [-0.25, -0.2) is 10.0 Å². The Bertz CT molecular complexity index is 924. The summed E-state index contributed by atoms with van der Waals surface area (Å²) in [6.07, 6.45) is 5.39. The Morgan fingerprint density at radius 2 is 1.67 bits per heavy atom. The predicted molar refractivity (Wildman–Crippen MR) is 118 cm³/mol. The number of hydrogen-bond donors (Lipinski definition) is 4. The van der Waals surface area contributed by atoms with Crippen molar-refractivity contribution >= 4 is 27.5 Å². The normalized spacial score (nSPS) is 22.0. The van der Waals surface area contributed by atoms with Crippen LogP contribution in [0.3, 0.4) is 0 Å². The molecule has 162 valence electrons. The van der Waals surface area contributed by atoms with E-state index < -0.39 is 39.6 Å². The third kappa shape index (κ3) is 4.77. The molecule has 0 saturated heterocycles. The molecule has 7 nitrogen and oxygen atoms in total. The molecule has 1 fully saturated rings. The molecule has 0 aliphatic heterocycles. The summed E-state index contributed by atoms with van der Waals surface area (Å²) in [5.74, 6) is -0.624. The summed E-state index contributed by atoms with van der Waals surface area (Å²) in [6, 6.07) is 13.3. The molecule has 0 heterocycles. The Labute approximate surface area is 177 Å². The second-order valence-corrected chi connectivity index (χ2v) is 12.3. The SMILES string of the molecule is COc1ccc(C(NC(=O)C2(O)C[C@@H]2O)C(=O)Nc2ccc(S(C)(C)C)cc2)cc1. The molecule has 2 unspecified atom stereocenters. The average Bonchev–Trinajstić information content (AvgIpc) is 3.33. The molecule has 4 N–H and O–H groups in total. The summed E-state index contributed by atoms with van der Waals surface area (Å²) >= 11 is 0. The Morgan fingerprint density at radius 1 is 1.10 bits per heavy atom. The van der Waals surface area contributed by atoms with E-state index in [1.54, 1.807) is 24.3 Å². The molecule has 2 aromatic rings. The van der Waals surface area contributed by atoms with E-state index in [0.717, 1.165) is 0 Å². The van der Waals surface area contributed by atoms with Crippen molar-refractivity contribution < 1.29 is 24.5 Å². The number of nitrogens with one attached hydrogen (secondary N) is 2. The number of aliphatic hydroxyl groups excluding tert-OH is 1. The van der Waals surface area contributed by atoms with Gasteiger partial charge in [-0.15, -0.1) is 0 Å². The Kier molecular flexibility index (Phi) is 6.12. The predicted octanol–water partition coefficient (Wildman–Crippen LogP) is 2.04. The van der Waals surface area contributed by atoms with Crippen molar-refractivity contribution in [2.75, 3.05) is 31.2 Å². The van der Waals surface area contributed by atoms with E-state index in [9.17, 15) is 19.8 Å². The highest BCUT2D eigenvalue weighted by atomic mass is 32.3. The first-order valence-corrected chi connectivity index (χ1v) is 12.3. The first-order chi connectivity index (χ1) is 14.0. The minimum absolute atomic E-state index is 0.0492. The van der Waals surface area contributed by atoms with Crippen LogP contribution in [0.25, 0.3) is 0 Å². The zero-order chi connectivity index (χ0) is 22.1. The van der Waals surface area contributed by atoms with E-state index in [2.05, 4.69) is 29.4 Å². The summed E-state index contributed by atoms with van der Waals surface area (Å²) in [6.45, 7) is 0. The molecule has 0 bridgehead atoms. The lowest BCUT2D eigenvalue weighted by Crippen LogP contribution is -2.44. The molecule has 0 radical (unpaired) electrons. The monoisotopic (exact) mass is 432 g/mol. The maximum atomic E-state index is 13.0. The number of hydrogen-bond acceptors (Lipinski definition) is 5. The fourth-order valence-electron chi connectivity index (χ4n) is 2.99. The van der Waals surface area contributed by atoms with E-state index in [1.165, 1.54) is 12.0 Å². The summed E-state index contributed by atoms with van der Waals surface area (Å²) < 4.78 is 5.14. The van der Waals surface area contributed by atoms with E-state index in [1.807, 2.05) is 24.3 Å². The Hall–Kier alpha value is -2.55. The van der Waals surface area contributed by atoms with Gasteiger partial charge in [0.15, 0.2) is 5.60 Å². The van der Waals surface area contributed by atoms with Crippen molar-refractivity contribution in [2.45, 2.75) is 29.1 Å². The highest BCUT2D eigenvalue weighted by Crippen LogP contribution is 2.45. The molecular formula is C22H28N2O5S. The molecule has 2 amide bonds. The molecule has 3 atom stereocenters. The lowest BCUT2D eigenvalue weighted by Gasteiger charge is -2.26. The highest BCUT2D eigenvalue weighted by molar-refractivity contribution is 8.32. The number of rotatable bonds is 7. The lowest BCUT2D eigenvalue weighted by molar-refractivity contribution is -0.136. The summed E-state index contributed by atoms with van der Waals surface area (Å²) in [5.41, 5.74) is -0.719. The molecule has 2 aromatic carbocycles. The van der Waals surface area contributed by atoms with Crippen molar-refractivity contribution in [1.82, 2.24) is 5.32 Å². The van der Waals surface area contributed by atoms with E-state index >= 15 is 0 Å². The first kappa shape index (κ1) is 22.1. The van der Waals surface area contributed by atoms with Gasteiger partial charge in [0.1, 0.15) is 11.8 Å². The molecule has 0 spiro atoms. The number of anilines is 1. The Balaban J connectivity index is 1.81. The molecule has 3 rings (SSSR count). The van der Waals surface area contributed by atoms with Crippen molar-refractivity contribution in [2.24, 2.45) is 0 Å². The van der Waals surface area contributed by atoms with E-state index in [-0.39, 0.29) is 6.42 Å². The van der Waals surface area contributed by atoms with Crippen LogP contribution in [0.2, 0.25) is 0 Å². The number of aliphatic hydroxyl groups is 2. The van der Waals surface area contributed by atoms with Gasteiger partial charge in [-0.3, -0.25) is 9.59 Å². The number of ether oxygens (including phenoxy) is 1. The van der Waals surface area contributed by atoms with Crippen LogP contribution in [0.4, 0.5) is 5.69 Å². The van der Waals surface area contributed by atoms with Gasteiger partial charge in [-0.05, 0) is 65.6 Å². The first-order valence-electron chi connectivity index (χ1n) is 9.49. The van der Waals surface area contributed by atoms with Crippen LogP contribution in [0, 0.1) is 0 Å². The zero-order valence-corrected chi connectivity index (χ0v) is 18.3. The standard InChI is InChI=1S/C22H28N2O5S/c1-29-16-9-5-14(6-10-16)19(24-21(27)22(28)13-18(22)25)20(26)23-15-7-11-17(12-8-15)30(2,3)4/h5-12,18-19,25,28H,13H2,1-4H3,(H,23,26)(H,24,27)/t18-,19?,22?/m0/s1. The topological polar surface area (TPSA) is 108 Å². The fraction of sp³-hybridized carbons (Fsp3) is 0.364. The second kappa shape index (κ2) is 8.29. The van der Waals surface area contributed by atoms with Gasteiger partial charge in [0.2, 0.25) is 0 Å². The van der Waals surface area contributed by atoms with Crippen molar-refractivity contribution in [3.63, 3.8) is 0 Å². The molecule has 0 aromatic heterocycles. The van der Waals surface area contributed by atoms with Crippen LogP contribution in [-0.2, 0) is 9.59 Å². The molecule has 1 aliphatic rings. The van der Waals surface area contributed by atoms with Crippen LogP contribution >= 0.6 is 10.0 Å². The van der Waals surface area contributed by atoms with Gasteiger partial charge in [-0.2, -0.15) is 0 Å². The van der Waals surface area contributed by atoms with Gasteiger partial charge in [0.25, 0.3) is 11.8 Å². The third-order valence-electron chi connectivity index (χ3n) is 5.10. The van der Waals surface area contributed by atoms with Gasteiger partial charge < -0.3 is 25.6 Å². The number of amides is 2. The maximum absolute atomic E-state index is 13.0. The van der Waals surface area contributed by atoms with Crippen LogP contribution in [-0.4, -0.2) is 59.6 Å². The van der Waals surface area contributed by atoms with Crippen LogP contribution in [0.5, 0.6) is 5.75 Å². The fourth-order valence-corrected chi connectivity index (χ4v) is 3.95. The zero-order valence-electron chi connectivity index (χ0n) is 17.5. The lowest BCUT2D eigenvalue weighted by atomic mass is 10.0. The van der Waals surface area contributed by atoms with Gasteiger partial charge >= 0.3 is 0 Å². The molecule has 8 heteroatoms. The van der Waals surface area contributed by atoms with E-state index in [0.29, 0.717) is 17.0 Å². The van der Waals surface area contributed by atoms with Crippen LogP contribution in [0.15, 0.2) is 53.4 Å². The summed E-state index contributed by atoms with van der Waals surface area (Å²) in [7, 11) is 0.658. The van der Waals surface area contributed by atoms with Crippen LogP contribution < -0.4 is 15.4 Å². The van der Waals surface area contributed by atoms with Crippen LogP contribution in [0.1, 0.15) is 18.0 Å². The molecule has 30 heavy (non-hydrogen) atoms. The largest absolute Gasteiger partial charge is 0.497 e.